The molecule has 0 radical (unpaired) electrons. The summed E-state index contributed by atoms with van der Waals surface area (Å²) in [4.78, 5) is 22.2. The lowest BCUT2D eigenvalue weighted by molar-refractivity contribution is -0.141. The molecule has 2 N–H and O–H groups in total. The van der Waals surface area contributed by atoms with Crippen LogP contribution in [-0.2, 0) is 9.59 Å². The number of nitrogens with one attached hydrogen (secondary N) is 1. The molecule has 1 unspecified atom stereocenters. The zero-order chi connectivity index (χ0) is 12.4. The molecule has 0 aromatic heterocycles. The number of hydrogen-bond donors (Lipinski definition) is 2. The molecular weight excluding hydrogens is 226 g/mol. The molecule has 0 heterocycles. The number of carbonyl (C=O) groups excluding carboxylic acids is 1. The Labute approximate surface area is 101 Å². The number of thioether (sulfide) groups is 1. The second kappa shape index (κ2) is 9.51. The Bertz CT molecular complexity index is 221. The average molecular weight is 247 g/mol. The van der Waals surface area contributed by atoms with Gasteiger partial charge in [0.05, 0.1) is 0 Å². The van der Waals surface area contributed by atoms with Gasteiger partial charge in [-0.15, -0.1) is 0 Å². The highest BCUT2D eigenvalue weighted by atomic mass is 32.2. The summed E-state index contributed by atoms with van der Waals surface area (Å²) >= 11 is 1.68. The van der Waals surface area contributed by atoms with Crippen LogP contribution in [0.2, 0.25) is 0 Å². The molecular formula is C11H21NO3S. The van der Waals surface area contributed by atoms with Gasteiger partial charge < -0.3 is 10.4 Å². The minimum Gasteiger partial charge on any atom is -0.480 e. The molecule has 0 saturated heterocycles. The molecule has 0 aliphatic rings. The predicted molar refractivity (Wildman–Crippen MR) is 66.7 cm³/mol. The number of unbranched alkanes of at least 4 members (excludes halogenated alkanes) is 1. The van der Waals surface area contributed by atoms with Crippen LogP contribution in [0, 0.1) is 0 Å². The first-order valence-corrected chi connectivity index (χ1v) is 6.87. The van der Waals surface area contributed by atoms with Crippen molar-refractivity contribution in [3.8, 4) is 0 Å². The Morgan fingerprint density at radius 2 is 2.06 bits per heavy atom. The van der Waals surface area contributed by atoms with Crippen LogP contribution >= 0.6 is 11.8 Å². The van der Waals surface area contributed by atoms with Gasteiger partial charge in [-0.25, -0.2) is 4.79 Å². The maximum Gasteiger partial charge on any atom is 0.326 e. The number of aliphatic carboxylic acids is 1. The minimum atomic E-state index is -0.943. The molecule has 4 nitrogen and oxygen atoms in total. The van der Waals surface area contributed by atoms with E-state index in [4.69, 9.17) is 5.11 Å². The molecule has 0 aromatic rings. The Kier molecular flexibility index (Phi) is 9.09. The lowest BCUT2D eigenvalue weighted by Crippen LogP contribution is -2.41. The summed E-state index contributed by atoms with van der Waals surface area (Å²) in [6.45, 7) is 4.03. The van der Waals surface area contributed by atoms with Crippen molar-refractivity contribution >= 4 is 23.6 Å². The van der Waals surface area contributed by atoms with Gasteiger partial charge in [0, 0.05) is 6.42 Å². The molecule has 16 heavy (non-hydrogen) atoms. The average Bonchev–Trinajstić information content (AvgIpc) is 2.25. The normalized spacial score (nSPS) is 12.1. The number of rotatable bonds is 9. The van der Waals surface area contributed by atoms with Crippen LogP contribution in [0.1, 0.15) is 39.5 Å². The van der Waals surface area contributed by atoms with Crippen LogP contribution in [0.4, 0.5) is 0 Å². The number of amides is 1. The summed E-state index contributed by atoms with van der Waals surface area (Å²) in [7, 11) is 0. The number of carboxylic acid groups (broad SMARTS) is 1. The van der Waals surface area contributed by atoms with E-state index in [1.807, 2.05) is 13.8 Å². The molecule has 0 aromatic carbocycles. The summed E-state index contributed by atoms with van der Waals surface area (Å²) in [5.41, 5.74) is 0. The van der Waals surface area contributed by atoms with Gasteiger partial charge in [-0.3, -0.25) is 4.79 Å². The van der Waals surface area contributed by atoms with E-state index in [0.29, 0.717) is 12.8 Å². The van der Waals surface area contributed by atoms with Crippen molar-refractivity contribution in [2.45, 2.75) is 45.6 Å². The van der Waals surface area contributed by atoms with Crippen molar-refractivity contribution in [2.24, 2.45) is 0 Å². The highest BCUT2D eigenvalue weighted by Crippen LogP contribution is 2.05. The van der Waals surface area contributed by atoms with Gasteiger partial charge >= 0.3 is 5.97 Å². The molecule has 0 aliphatic heterocycles. The summed E-state index contributed by atoms with van der Waals surface area (Å²) in [5, 5.41) is 11.5. The van der Waals surface area contributed by atoms with Crippen molar-refractivity contribution in [2.75, 3.05) is 11.5 Å². The topological polar surface area (TPSA) is 66.4 Å². The predicted octanol–water partition coefficient (Wildman–Crippen LogP) is 1.89. The highest BCUT2D eigenvalue weighted by molar-refractivity contribution is 7.99. The maximum absolute atomic E-state index is 11.4. The third-order valence-electron chi connectivity index (χ3n) is 2.15. The number of hydrogen-bond acceptors (Lipinski definition) is 3. The highest BCUT2D eigenvalue weighted by Gasteiger charge is 2.18. The van der Waals surface area contributed by atoms with Gasteiger partial charge in [-0.05, 0) is 24.3 Å². The van der Waals surface area contributed by atoms with Gasteiger partial charge in [-0.1, -0.05) is 20.3 Å². The summed E-state index contributed by atoms with van der Waals surface area (Å²) in [6, 6.07) is -0.733. The Balaban J connectivity index is 3.92. The van der Waals surface area contributed by atoms with Crippen LogP contribution in [0.15, 0.2) is 0 Å². The molecule has 5 heteroatoms. The SMILES string of the molecule is CCCCC(=O)NC(CCSCC)C(=O)O. The van der Waals surface area contributed by atoms with E-state index < -0.39 is 12.0 Å². The van der Waals surface area contributed by atoms with Gasteiger partial charge in [-0.2, -0.15) is 11.8 Å². The summed E-state index contributed by atoms with van der Waals surface area (Å²) < 4.78 is 0. The second-order valence-corrected chi connectivity index (χ2v) is 4.94. The third kappa shape index (κ3) is 7.56. The summed E-state index contributed by atoms with van der Waals surface area (Å²) in [5.74, 6) is 0.634. The van der Waals surface area contributed by atoms with Crippen LogP contribution in [0.3, 0.4) is 0 Å². The van der Waals surface area contributed by atoms with E-state index in [-0.39, 0.29) is 5.91 Å². The van der Waals surface area contributed by atoms with E-state index in [1.54, 1.807) is 11.8 Å². The largest absolute Gasteiger partial charge is 0.480 e. The fraction of sp³-hybridized carbons (Fsp3) is 0.818. The standard InChI is InChI=1S/C11H21NO3S/c1-3-5-6-10(13)12-9(11(14)15)7-8-16-4-2/h9H,3-8H2,1-2H3,(H,12,13)(H,14,15). The Morgan fingerprint density at radius 1 is 1.38 bits per heavy atom. The zero-order valence-corrected chi connectivity index (χ0v) is 10.8. The smallest absolute Gasteiger partial charge is 0.326 e. The fourth-order valence-corrected chi connectivity index (χ4v) is 1.90. The van der Waals surface area contributed by atoms with E-state index in [2.05, 4.69) is 5.32 Å². The fourth-order valence-electron chi connectivity index (χ4n) is 1.21. The summed E-state index contributed by atoms with van der Waals surface area (Å²) in [6.07, 6.45) is 2.66. The van der Waals surface area contributed by atoms with E-state index in [1.165, 1.54) is 0 Å². The van der Waals surface area contributed by atoms with Crippen molar-refractivity contribution in [1.29, 1.82) is 0 Å². The molecule has 0 spiro atoms. The lowest BCUT2D eigenvalue weighted by Gasteiger charge is -2.13. The van der Waals surface area contributed by atoms with E-state index in [9.17, 15) is 9.59 Å². The first kappa shape index (κ1) is 15.3. The zero-order valence-electron chi connectivity index (χ0n) is 9.99. The van der Waals surface area contributed by atoms with Gasteiger partial charge in [0.25, 0.3) is 0 Å². The molecule has 0 bridgehead atoms. The van der Waals surface area contributed by atoms with Gasteiger partial charge in [0.2, 0.25) is 5.91 Å². The van der Waals surface area contributed by atoms with Crippen molar-refractivity contribution in [3.05, 3.63) is 0 Å². The molecule has 94 valence electrons. The van der Waals surface area contributed by atoms with Crippen molar-refractivity contribution in [1.82, 2.24) is 5.32 Å². The number of carbonyl (C=O) groups is 2. The van der Waals surface area contributed by atoms with E-state index in [0.717, 1.165) is 24.3 Å². The van der Waals surface area contributed by atoms with Crippen LogP contribution in [0.25, 0.3) is 0 Å². The molecule has 1 amide bonds. The Morgan fingerprint density at radius 3 is 2.56 bits per heavy atom. The van der Waals surface area contributed by atoms with Crippen LogP contribution in [-0.4, -0.2) is 34.5 Å². The van der Waals surface area contributed by atoms with Crippen molar-refractivity contribution < 1.29 is 14.7 Å². The quantitative estimate of drug-likeness (QED) is 0.611. The van der Waals surface area contributed by atoms with Crippen LogP contribution in [0.5, 0.6) is 0 Å². The molecule has 0 fully saturated rings. The van der Waals surface area contributed by atoms with Gasteiger partial charge in [0.1, 0.15) is 6.04 Å². The molecule has 0 rings (SSSR count). The third-order valence-corrected chi connectivity index (χ3v) is 3.08. The monoisotopic (exact) mass is 247 g/mol. The maximum atomic E-state index is 11.4. The molecule has 0 saturated carbocycles. The molecule has 1 atom stereocenters. The first-order chi connectivity index (χ1) is 7.61. The number of carboxylic acids is 1. The second-order valence-electron chi connectivity index (χ2n) is 3.55. The lowest BCUT2D eigenvalue weighted by atomic mass is 10.2. The van der Waals surface area contributed by atoms with Crippen LogP contribution < -0.4 is 5.32 Å². The minimum absolute atomic E-state index is 0.157. The Hall–Kier alpha value is -0.710. The van der Waals surface area contributed by atoms with E-state index >= 15 is 0 Å². The van der Waals surface area contributed by atoms with Crippen molar-refractivity contribution in [3.63, 3.8) is 0 Å². The first-order valence-electron chi connectivity index (χ1n) is 5.71. The molecule has 0 aliphatic carbocycles. The van der Waals surface area contributed by atoms with Gasteiger partial charge in [0.15, 0.2) is 0 Å².